The smallest absolute Gasteiger partial charge is 0.306 e. The zero-order valence-corrected chi connectivity index (χ0v) is 15.5. The first-order valence-corrected chi connectivity index (χ1v) is 9.30. The number of esters is 1. The number of hydrogen-bond donors (Lipinski definition) is 1. The predicted molar refractivity (Wildman–Crippen MR) is 90.6 cm³/mol. The van der Waals surface area contributed by atoms with Crippen molar-refractivity contribution >= 4 is 11.8 Å². The zero-order valence-electron chi connectivity index (χ0n) is 15.5. The van der Waals surface area contributed by atoms with Gasteiger partial charge in [0.2, 0.25) is 0 Å². The minimum absolute atomic E-state index is 0.135. The van der Waals surface area contributed by atoms with Crippen molar-refractivity contribution in [2.24, 2.45) is 28.6 Å². The van der Waals surface area contributed by atoms with Gasteiger partial charge in [-0.25, -0.2) is 0 Å². The first kappa shape index (κ1) is 17.2. The van der Waals surface area contributed by atoms with E-state index < -0.39 is 23.2 Å². The highest BCUT2D eigenvalue weighted by atomic mass is 16.6. The molecule has 5 nitrogen and oxygen atoms in total. The number of Topliss-reactive ketones (excluding diaryl/α,β-unsaturated/α-hetero) is 1. The maximum atomic E-state index is 13.0. The Morgan fingerprint density at radius 1 is 1.28 bits per heavy atom. The molecular formula is C20H28O5. The molecule has 2 aliphatic heterocycles. The fourth-order valence-corrected chi connectivity index (χ4v) is 6.44. The zero-order chi connectivity index (χ0) is 18.4. The van der Waals surface area contributed by atoms with Gasteiger partial charge in [0.15, 0.2) is 0 Å². The molecule has 2 aliphatic carbocycles. The Morgan fingerprint density at radius 2 is 1.96 bits per heavy atom. The minimum Gasteiger partial charge on any atom is -0.462 e. The molecule has 4 aliphatic rings. The van der Waals surface area contributed by atoms with Crippen LogP contribution in [0.4, 0.5) is 0 Å². The second kappa shape index (κ2) is 4.95. The second-order valence-corrected chi connectivity index (χ2v) is 9.38. The Balaban J connectivity index is 1.92. The molecule has 0 amide bonds. The number of fused-ring (bicyclic) bond motifs is 5. The largest absolute Gasteiger partial charge is 0.462 e. The van der Waals surface area contributed by atoms with E-state index >= 15 is 0 Å². The van der Waals surface area contributed by atoms with E-state index in [-0.39, 0.29) is 42.0 Å². The molecule has 0 bridgehead atoms. The summed E-state index contributed by atoms with van der Waals surface area (Å²) >= 11 is 0. The Labute approximate surface area is 148 Å². The van der Waals surface area contributed by atoms with Gasteiger partial charge in [-0.15, -0.1) is 0 Å². The van der Waals surface area contributed by atoms with Crippen LogP contribution in [0.3, 0.4) is 0 Å². The summed E-state index contributed by atoms with van der Waals surface area (Å²) in [6, 6.07) is 0. The molecule has 25 heavy (non-hydrogen) atoms. The first-order valence-electron chi connectivity index (χ1n) is 9.30. The quantitative estimate of drug-likeness (QED) is 0.581. The lowest BCUT2D eigenvalue weighted by Gasteiger charge is -2.44. The van der Waals surface area contributed by atoms with Gasteiger partial charge in [-0.1, -0.05) is 34.3 Å². The molecule has 0 spiro atoms. The van der Waals surface area contributed by atoms with E-state index in [1.165, 1.54) is 0 Å². The summed E-state index contributed by atoms with van der Waals surface area (Å²) in [6.45, 7) is 12.6. The van der Waals surface area contributed by atoms with Crippen LogP contribution >= 0.6 is 0 Å². The van der Waals surface area contributed by atoms with E-state index in [0.29, 0.717) is 24.3 Å². The monoisotopic (exact) mass is 348 g/mol. The maximum Gasteiger partial charge on any atom is 0.306 e. The molecule has 5 heteroatoms. The van der Waals surface area contributed by atoms with E-state index in [2.05, 4.69) is 27.4 Å². The predicted octanol–water partition coefficient (Wildman–Crippen LogP) is 2.27. The minimum atomic E-state index is -1.41. The Hall–Kier alpha value is -1.20. The number of aliphatic hydroxyl groups is 1. The number of carbonyl (C=O) groups excluding carboxylic acids is 2. The van der Waals surface area contributed by atoms with Crippen molar-refractivity contribution in [2.45, 2.75) is 64.8 Å². The van der Waals surface area contributed by atoms with Gasteiger partial charge in [-0.05, 0) is 29.2 Å². The average Bonchev–Trinajstić information content (AvgIpc) is 3.04. The number of ketones is 1. The van der Waals surface area contributed by atoms with Gasteiger partial charge in [0.25, 0.3) is 0 Å². The molecule has 2 saturated heterocycles. The standard InChI is InChI=1S/C20H28O5/c1-10(2)12-6-13(21)16-17-20(23,11(3)9-24-17)19(5)8-15(22)25-14(19)7-18(12,16)4/h10,12,14,16-17,23H,3,6-9H2,1-2,4-5H3/t12-,14+,16-,17-,18-,19+,20-/m0/s1. The molecule has 7 atom stereocenters. The summed E-state index contributed by atoms with van der Waals surface area (Å²) in [6.07, 6.45) is 0.151. The lowest BCUT2D eigenvalue weighted by molar-refractivity contribution is -0.148. The molecule has 4 fully saturated rings. The molecule has 0 aromatic rings. The van der Waals surface area contributed by atoms with Gasteiger partial charge in [0.05, 0.1) is 24.4 Å². The Morgan fingerprint density at radius 3 is 2.60 bits per heavy atom. The normalized spacial score (nSPS) is 52.0. The summed E-state index contributed by atoms with van der Waals surface area (Å²) < 4.78 is 11.7. The second-order valence-electron chi connectivity index (χ2n) is 9.38. The van der Waals surface area contributed by atoms with Gasteiger partial charge in [-0.2, -0.15) is 0 Å². The molecule has 1 N–H and O–H groups in total. The highest BCUT2D eigenvalue weighted by molar-refractivity contribution is 5.86. The third-order valence-corrected chi connectivity index (χ3v) is 7.81. The van der Waals surface area contributed by atoms with Crippen molar-refractivity contribution in [2.75, 3.05) is 6.61 Å². The van der Waals surface area contributed by atoms with Crippen LogP contribution in [0.2, 0.25) is 0 Å². The van der Waals surface area contributed by atoms with Crippen LogP contribution in [0.15, 0.2) is 12.2 Å². The van der Waals surface area contributed by atoms with Crippen molar-refractivity contribution in [3.05, 3.63) is 12.2 Å². The topological polar surface area (TPSA) is 72.8 Å². The molecule has 2 saturated carbocycles. The van der Waals surface area contributed by atoms with Crippen LogP contribution in [0, 0.1) is 28.6 Å². The molecule has 138 valence electrons. The molecule has 0 aromatic carbocycles. The Bertz CT molecular complexity index is 669. The van der Waals surface area contributed by atoms with Crippen LogP contribution in [0.1, 0.15) is 47.0 Å². The van der Waals surface area contributed by atoms with E-state index in [4.69, 9.17) is 9.47 Å². The van der Waals surface area contributed by atoms with Crippen LogP contribution in [0.5, 0.6) is 0 Å². The highest BCUT2D eigenvalue weighted by Gasteiger charge is 2.74. The van der Waals surface area contributed by atoms with E-state index in [9.17, 15) is 14.7 Å². The number of carbonyl (C=O) groups is 2. The van der Waals surface area contributed by atoms with E-state index in [0.717, 1.165) is 0 Å². The van der Waals surface area contributed by atoms with Gasteiger partial charge >= 0.3 is 5.97 Å². The average molecular weight is 348 g/mol. The molecule has 2 heterocycles. The van der Waals surface area contributed by atoms with Crippen molar-refractivity contribution in [3.8, 4) is 0 Å². The van der Waals surface area contributed by atoms with Gasteiger partial charge in [-0.3, -0.25) is 9.59 Å². The van der Waals surface area contributed by atoms with Crippen LogP contribution < -0.4 is 0 Å². The summed E-state index contributed by atoms with van der Waals surface area (Å²) in [5.74, 6) is 0.0119. The van der Waals surface area contributed by atoms with Crippen LogP contribution in [-0.4, -0.2) is 41.3 Å². The molecule has 0 aromatic heterocycles. The number of ether oxygens (including phenoxy) is 2. The lowest BCUT2D eigenvalue weighted by Crippen LogP contribution is -2.58. The highest BCUT2D eigenvalue weighted by Crippen LogP contribution is 2.65. The van der Waals surface area contributed by atoms with E-state index in [1.807, 2.05) is 6.92 Å². The van der Waals surface area contributed by atoms with Crippen LogP contribution in [0.25, 0.3) is 0 Å². The molecule has 4 rings (SSSR count). The van der Waals surface area contributed by atoms with Crippen LogP contribution in [-0.2, 0) is 19.1 Å². The first-order chi connectivity index (χ1) is 11.6. The summed E-state index contributed by atoms with van der Waals surface area (Å²) in [4.78, 5) is 25.2. The third kappa shape index (κ3) is 1.86. The summed E-state index contributed by atoms with van der Waals surface area (Å²) in [5, 5.41) is 11.8. The lowest BCUT2D eigenvalue weighted by atomic mass is 9.63. The molecular weight excluding hydrogens is 320 g/mol. The number of rotatable bonds is 1. The van der Waals surface area contributed by atoms with Crippen molar-refractivity contribution in [3.63, 3.8) is 0 Å². The van der Waals surface area contributed by atoms with Gasteiger partial charge < -0.3 is 14.6 Å². The SMILES string of the molecule is C=C1CO[C@H]2[C@@H]3C(=O)C[C@@H](C(C)C)[C@]3(C)C[C@H]3OC(=O)C[C@@]3(C)[C@]12O. The summed E-state index contributed by atoms with van der Waals surface area (Å²) in [7, 11) is 0. The fourth-order valence-electron chi connectivity index (χ4n) is 6.44. The van der Waals surface area contributed by atoms with Crippen molar-refractivity contribution < 1.29 is 24.2 Å². The van der Waals surface area contributed by atoms with Crippen molar-refractivity contribution in [1.29, 1.82) is 0 Å². The number of hydrogen-bond acceptors (Lipinski definition) is 5. The molecule has 0 radical (unpaired) electrons. The molecule has 0 unspecified atom stereocenters. The third-order valence-electron chi connectivity index (χ3n) is 7.81. The van der Waals surface area contributed by atoms with Gasteiger partial charge in [0, 0.05) is 6.42 Å². The van der Waals surface area contributed by atoms with Crippen molar-refractivity contribution in [1.82, 2.24) is 0 Å². The Kier molecular flexibility index (Phi) is 3.41. The maximum absolute atomic E-state index is 13.0. The fraction of sp³-hybridized carbons (Fsp3) is 0.800. The van der Waals surface area contributed by atoms with E-state index in [1.54, 1.807) is 0 Å². The summed E-state index contributed by atoms with van der Waals surface area (Å²) in [5.41, 5.74) is -2.01. The van der Waals surface area contributed by atoms with Gasteiger partial charge in [0.1, 0.15) is 23.6 Å².